The van der Waals surface area contributed by atoms with Gasteiger partial charge in [0.1, 0.15) is 5.82 Å². The average Bonchev–Trinajstić information content (AvgIpc) is 2.43. The Morgan fingerprint density at radius 3 is 2.80 bits per heavy atom. The van der Waals surface area contributed by atoms with Crippen LogP contribution in [0.15, 0.2) is 30.5 Å². The van der Waals surface area contributed by atoms with E-state index in [0.717, 1.165) is 11.3 Å². The van der Waals surface area contributed by atoms with Crippen molar-refractivity contribution >= 4 is 11.6 Å². The summed E-state index contributed by atoms with van der Waals surface area (Å²) in [5.74, 6) is -0.857. The highest BCUT2D eigenvalue weighted by Crippen LogP contribution is 2.17. The van der Waals surface area contributed by atoms with Crippen LogP contribution < -0.4 is 11.1 Å². The molecule has 0 bridgehead atoms. The number of rotatable bonds is 3. The van der Waals surface area contributed by atoms with E-state index in [9.17, 15) is 9.18 Å². The van der Waals surface area contributed by atoms with Gasteiger partial charge < -0.3 is 11.1 Å². The summed E-state index contributed by atoms with van der Waals surface area (Å²) in [4.78, 5) is 16.2. The third-order valence-electron chi connectivity index (χ3n) is 3.18. The second kappa shape index (κ2) is 5.69. The van der Waals surface area contributed by atoms with Gasteiger partial charge in [0.25, 0.3) is 5.91 Å². The first-order valence-electron chi connectivity index (χ1n) is 6.23. The number of aryl methyl sites for hydroxylation is 1. The van der Waals surface area contributed by atoms with E-state index in [4.69, 9.17) is 5.73 Å². The van der Waals surface area contributed by atoms with Crippen LogP contribution in [0.25, 0.3) is 0 Å². The van der Waals surface area contributed by atoms with E-state index in [0.29, 0.717) is 12.1 Å². The van der Waals surface area contributed by atoms with Gasteiger partial charge in [0.2, 0.25) is 0 Å². The topological polar surface area (TPSA) is 68.0 Å². The number of halogens is 1. The normalized spacial score (nSPS) is 10.3. The lowest BCUT2D eigenvalue weighted by Gasteiger charge is -2.09. The van der Waals surface area contributed by atoms with E-state index in [2.05, 4.69) is 10.3 Å². The van der Waals surface area contributed by atoms with Gasteiger partial charge in [-0.25, -0.2) is 4.39 Å². The molecule has 4 nitrogen and oxygen atoms in total. The molecule has 0 aliphatic heterocycles. The number of nitrogens with zero attached hydrogens (tertiary/aromatic N) is 1. The fourth-order valence-electron chi connectivity index (χ4n) is 1.80. The highest BCUT2D eigenvalue weighted by molar-refractivity contribution is 5.95. The quantitative estimate of drug-likeness (QED) is 0.843. The van der Waals surface area contributed by atoms with Gasteiger partial charge in [0.15, 0.2) is 0 Å². The van der Waals surface area contributed by atoms with Crippen molar-refractivity contribution in [1.29, 1.82) is 0 Å². The standard InChI is InChI=1S/C15H16FN3O/c1-9-4-3-5-18-14(9)8-19-15(20)11-6-12(16)10(2)13(17)7-11/h3-7H,8,17H2,1-2H3,(H,19,20). The fourth-order valence-corrected chi connectivity index (χ4v) is 1.80. The Labute approximate surface area is 116 Å². The Kier molecular flexibility index (Phi) is 3.98. The zero-order chi connectivity index (χ0) is 14.7. The molecule has 0 saturated heterocycles. The lowest BCUT2D eigenvalue weighted by atomic mass is 10.1. The number of nitrogens with one attached hydrogen (secondary N) is 1. The first kappa shape index (κ1) is 14.0. The Bertz CT molecular complexity index is 632. The molecule has 1 aromatic carbocycles. The summed E-state index contributed by atoms with van der Waals surface area (Å²) in [6.07, 6.45) is 1.66. The number of carbonyl (C=O) groups is 1. The largest absolute Gasteiger partial charge is 0.398 e. The van der Waals surface area contributed by atoms with E-state index in [1.807, 2.05) is 19.1 Å². The molecule has 0 unspecified atom stereocenters. The number of aromatic nitrogens is 1. The molecule has 0 spiro atoms. The molecule has 2 aromatic rings. The van der Waals surface area contributed by atoms with Crippen LogP contribution in [0.2, 0.25) is 0 Å². The van der Waals surface area contributed by atoms with Crippen molar-refractivity contribution in [3.8, 4) is 0 Å². The van der Waals surface area contributed by atoms with Gasteiger partial charge in [-0.2, -0.15) is 0 Å². The van der Waals surface area contributed by atoms with Crippen LogP contribution in [0.4, 0.5) is 10.1 Å². The highest BCUT2D eigenvalue weighted by atomic mass is 19.1. The molecular weight excluding hydrogens is 257 g/mol. The van der Waals surface area contributed by atoms with Gasteiger partial charge >= 0.3 is 0 Å². The van der Waals surface area contributed by atoms with Crippen molar-refractivity contribution < 1.29 is 9.18 Å². The predicted molar refractivity (Wildman–Crippen MR) is 75.7 cm³/mol. The molecule has 0 aliphatic carbocycles. The molecule has 20 heavy (non-hydrogen) atoms. The summed E-state index contributed by atoms with van der Waals surface area (Å²) in [5, 5.41) is 2.71. The lowest BCUT2D eigenvalue weighted by molar-refractivity contribution is 0.0950. The SMILES string of the molecule is Cc1cccnc1CNC(=O)c1cc(N)c(C)c(F)c1. The smallest absolute Gasteiger partial charge is 0.251 e. The molecule has 1 amide bonds. The summed E-state index contributed by atoms with van der Waals surface area (Å²) >= 11 is 0. The summed E-state index contributed by atoms with van der Waals surface area (Å²) in [6.45, 7) is 3.78. The summed E-state index contributed by atoms with van der Waals surface area (Å²) in [7, 11) is 0. The van der Waals surface area contributed by atoms with Crippen molar-refractivity contribution in [1.82, 2.24) is 10.3 Å². The van der Waals surface area contributed by atoms with Crippen LogP contribution in [0, 0.1) is 19.7 Å². The predicted octanol–water partition coefficient (Wildman–Crippen LogP) is 2.35. The van der Waals surface area contributed by atoms with E-state index < -0.39 is 5.82 Å². The van der Waals surface area contributed by atoms with Gasteiger partial charge in [-0.05, 0) is 37.6 Å². The van der Waals surface area contributed by atoms with Gasteiger partial charge in [-0.15, -0.1) is 0 Å². The Balaban J connectivity index is 2.11. The molecule has 2 rings (SSSR count). The second-order valence-electron chi connectivity index (χ2n) is 4.62. The number of amides is 1. The Morgan fingerprint density at radius 1 is 1.40 bits per heavy atom. The molecule has 0 atom stereocenters. The van der Waals surface area contributed by atoms with Gasteiger partial charge in [-0.3, -0.25) is 9.78 Å². The molecule has 1 heterocycles. The zero-order valence-corrected chi connectivity index (χ0v) is 11.4. The number of benzene rings is 1. The number of carbonyl (C=O) groups excluding carboxylic acids is 1. The molecule has 0 fully saturated rings. The molecule has 5 heteroatoms. The maximum atomic E-state index is 13.6. The number of nitrogens with two attached hydrogens (primary N) is 1. The van der Waals surface area contributed by atoms with E-state index in [-0.39, 0.29) is 17.2 Å². The van der Waals surface area contributed by atoms with Crippen molar-refractivity contribution in [2.24, 2.45) is 0 Å². The maximum absolute atomic E-state index is 13.6. The van der Waals surface area contributed by atoms with Crippen molar-refractivity contribution in [3.05, 3.63) is 58.7 Å². The van der Waals surface area contributed by atoms with E-state index in [1.54, 1.807) is 13.1 Å². The summed E-state index contributed by atoms with van der Waals surface area (Å²) < 4.78 is 13.6. The number of anilines is 1. The first-order chi connectivity index (χ1) is 9.49. The molecule has 104 valence electrons. The number of hydrogen-bond donors (Lipinski definition) is 2. The van der Waals surface area contributed by atoms with Crippen LogP contribution in [-0.4, -0.2) is 10.9 Å². The minimum absolute atomic E-state index is 0.208. The molecule has 0 aliphatic rings. The minimum atomic E-state index is -0.482. The van der Waals surface area contributed by atoms with Crippen molar-refractivity contribution in [2.45, 2.75) is 20.4 Å². The third kappa shape index (κ3) is 2.93. The second-order valence-corrected chi connectivity index (χ2v) is 4.62. The molecule has 3 N–H and O–H groups in total. The van der Waals surface area contributed by atoms with Crippen LogP contribution in [-0.2, 0) is 6.54 Å². The number of pyridine rings is 1. The zero-order valence-electron chi connectivity index (χ0n) is 11.4. The van der Waals surface area contributed by atoms with E-state index >= 15 is 0 Å². The molecule has 0 radical (unpaired) electrons. The van der Waals surface area contributed by atoms with Crippen LogP contribution >= 0.6 is 0 Å². The van der Waals surface area contributed by atoms with Gasteiger partial charge in [0, 0.05) is 23.0 Å². The Morgan fingerprint density at radius 2 is 2.15 bits per heavy atom. The molecule has 1 aromatic heterocycles. The maximum Gasteiger partial charge on any atom is 0.251 e. The lowest BCUT2D eigenvalue weighted by Crippen LogP contribution is -2.24. The van der Waals surface area contributed by atoms with Crippen molar-refractivity contribution in [3.63, 3.8) is 0 Å². The summed E-state index contributed by atoms with van der Waals surface area (Å²) in [5.41, 5.74) is 8.25. The first-order valence-corrected chi connectivity index (χ1v) is 6.23. The molecule has 0 saturated carbocycles. The van der Waals surface area contributed by atoms with Crippen LogP contribution in [0.1, 0.15) is 27.2 Å². The fraction of sp³-hybridized carbons (Fsp3) is 0.200. The Hall–Kier alpha value is -2.43. The van der Waals surface area contributed by atoms with Gasteiger partial charge in [-0.1, -0.05) is 6.07 Å². The average molecular weight is 273 g/mol. The minimum Gasteiger partial charge on any atom is -0.398 e. The van der Waals surface area contributed by atoms with Crippen LogP contribution in [0.3, 0.4) is 0 Å². The van der Waals surface area contributed by atoms with Crippen molar-refractivity contribution in [2.75, 3.05) is 5.73 Å². The number of nitrogen functional groups attached to an aromatic ring is 1. The number of hydrogen-bond acceptors (Lipinski definition) is 3. The summed E-state index contributed by atoms with van der Waals surface area (Å²) in [6, 6.07) is 6.40. The molecular formula is C15H16FN3O. The van der Waals surface area contributed by atoms with Crippen LogP contribution in [0.5, 0.6) is 0 Å². The van der Waals surface area contributed by atoms with Gasteiger partial charge in [0.05, 0.1) is 12.2 Å². The third-order valence-corrected chi connectivity index (χ3v) is 3.18. The monoisotopic (exact) mass is 273 g/mol. The van der Waals surface area contributed by atoms with E-state index in [1.165, 1.54) is 12.1 Å². The highest BCUT2D eigenvalue weighted by Gasteiger charge is 2.11.